The van der Waals surface area contributed by atoms with Crippen molar-refractivity contribution in [2.75, 3.05) is 0 Å². The van der Waals surface area contributed by atoms with Crippen molar-refractivity contribution in [3.63, 3.8) is 0 Å². The summed E-state index contributed by atoms with van der Waals surface area (Å²) in [7, 11) is 0. The largest absolute Gasteiger partial charge is 0.462 e. The summed E-state index contributed by atoms with van der Waals surface area (Å²) in [6.07, 6.45) is 0.835. The Morgan fingerprint density at radius 2 is 1.78 bits per heavy atom. The minimum atomic E-state index is -0.237. The molecule has 3 heteroatoms. The highest BCUT2D eigenvalue weighted by molar-refractivity contribution is 5.69. The van der Waals surface area contributed by atoms with Gasteiger partial charge in [0.15, 0.2) is 0 Å². The smallest absolute Gasteiger partial charge is 0.305 e. The van der Waals surface area contributed by atoms with Gasteiger partial charge in [0.05, 0.1) is 0 Å². The zero-order valence-corrected chi connectivity index (χ0v) is 14.3. The zero-order chi connectivity index (χ0) is 17.2. The Morgan fingerprint density at radius 1 is 1.13 bits per heavy atom. The molecule has 0 saturated carbocycles. The monoisotopic (exact) mass is 316 g/mol. The molecule has 0 heterocycles. The third-order valence-electron chi connectivity index (χ3n) is 3.37. The normalized spacial score (nSPS) is 11.2. The van der Waals surface area contributed by atoms with E-state index in [1.807, 2.05) is 32.0 Å². The number of carbonyl (C=O) groups is 1. The number of carbonyl (C=O) groups excluding carboxylic acids is 1. The molecule has 124 valence electrons. The van der Waals surface area contributed by atoms with Crippen molar-refractivity contribution < 1.29 is 13.9 Å². The molecule has 23 heavy (non-hydrogen) atoms. The quantitative estimate of drug-likeness (QED) is 0.741. The minimum Gasteiger partial charge on any atom is -0.462 e. The van der Waals surface area contributed by atoms with Crippen LogP contribution in [-0.2, 0) is 16.0 Å². The number of aryl methyl sites for hydroxylation is 2. The second kappa shape index (κ2) is 9.78. The maximum atomic E-state index is 12.9. The van der Waals surface area contributed by atoms with Gasteiger partial charge in [-0.2, -0.15) is 0 Å². The summed E-state index contributed by atoms with van der Waals surface area (Å²) in [6, 6.07) is 14.9. The zero-order valence-electron chi connectivity index (χ0n) is 14.3. The van der Waals surface area contributed by atoms with E-state index in [2.05, 4.69) is 19.1 Å². The van der Waals surface area contributed by atoms with E-state index in [9.17, 15) is 9.18 Å². The molecule has 0 saturated heterocycles. The predicted molar refractivity (Wildman–Crippen MR) is 91.9 cm³/mol. The first-order chi connectivity index (χ1) is 10.9. The molecule has 0 amide bonds. The summed E-state index contributed by atoms with van der Waals surface area (Å²) in [4.78, 5) is 11.1. The van der Waals surface area contributed by atoms with Gasteiger partial charge in [0.1, 0.15) is 11.9 Å². The second-order valence-electron chi connectivity index (χ2n) is 5.58. The van der Waals surface area contributed by atoms with E-state index < -0.39 is 0 Å². The van der Waals surface area contributed by atoms with Crippen LogP contribution in [0.4, 0.5) is 4.39 Å². The summed E-state index contributed by atoms with van der Waals surface area (Å²) < 4.78 is 18.0. The molecule has 1 atom stereocenters. The maximum absolute atomic E-state index is 12.9. The summed E-state index contributed by atoms with van der Waals surface area (Å²) in [5.41, 5.74) is 3.22. The lowest BCUT2D eigenvalue weighted by Crippen LogP contribution is -2.17. The first-order valence-corrected chi connectivity index (χ1v) is 7.88. The van der Waals surface area contributed by atoms with E-state index in [0.717, 1.165) is 11.1 Å². The average Bonchev–Trinajstić information content (AvgIpc) is 2.51. The van der Waals surface area contributed by atoms with Crippen LogP contribution < -0.4 is 0 Å². The van der Waals surface area contributed by atoms with Crippen molar-refractivity contribution in [3.8, 4) is 0 Å². The molecular formula is C20H25FO2. The Kier molecular flexibility index (Phi) is 8.03. The molecule has 2 rings (SSSR count). The average molecular weight is 316 g/mol. The standard InChI is InChI=1S/C13H17FO2.C7H8/c1-4-13(15)16-10(3)8-11-5-6-12(14)7-9(11)2;1-7-5-3-2-4-6-7/h5-7,10H,4,8H2,1-3H3;2-6H,1H3. The van der Waals surface area contributed by atoms with Crippen LogP contribution in [0.15, 0.2) is 48.5 Å². The van der Waals surface area contributed by atoms with Gasteiger partial charge in [0.2, 0.25) is 0 Å². The lowest BCUT2D eigenvalue weighted by atomic mass is 10.0. The van der Waals surface area contributed by atoms with Gasteiger partial charge in [-0.1, -0.05) is 48.9 Å². The fourth-order valence-corrected chi connectivity index (χ4v) is 2.08. The maximum Gasteiger partial charge on any atom is 0.305 e. The summed E-state index contributed by atoms with van der Waals surface area (Å²) in [5.74, 6) is -0.438. The molecule has 2 nitrogen and oxygen atoms in total. The number of halogens is 1. The van der Waals surface area contributed by atoms with Crippen LogP contribution in [0.5, 0.6) is 0 Å². The van der Waals surface area contributed by atoms with Crippen LogP contribution >= 0.6 is 0 Å². The first-order valence-electron chi connectivity index (χ1n) is 7.88. The van der Waals surface area contributed by atoms with E-state index in [1.165, 1.54) is 17.7 Å². The first kappa shape index (κ1) is 18.9. The molecule has 0 fully saturated rings. The third-order valence-corrected chi connectivity index (χ3v) is 3.37. The number of esters is 1. The van der Waals surface area contributed by atoms with Crippen LogP contribution in [0.2, 0.25) is 0 Å². The predicted octanol–water partition coefficient (Wildman–Crippen LogP) is 5.01. The summed E-state index contributed by atoms with van der Waals surface area (Å²) >= 11 is 0. The van der Waals surface area contributed by atoms with E-state index in [1.54, 1.807) is 13.0 Å². The molecule has 0 radical (unpaired) electrons. The molecule has 0 N–H and O–H groups in total. The lowest BCUT2D eigenvalue weighted by molar-refractivity contribution is -0.147. The van der Waals surface area contributed by atoms with Crippen molar-refractivity contribution in [2.45, 2.75) is 46.6 Å². The Morgan fingerprint density at radius 3 is 2.26 bits per heavy atom. The van der Waals surface area contributed by atoms with Crippen LogP contribution in [0.3, 0.4) is 0 Å². The fourth-order valence-electron chi connectivity index (χ4n) is 2.08. The summed E-state index contributed by atoms with van der Waals surface area (Å²) in [5, 5.41) is 0. The second-order valence-corrected chi connectivity index (χ2v) is 5.58. The number of hydrogen-bond acceptors (Lipinski definition) is 2. The van der Waals surface area contributed by atoms with Crippen LogP contribution in [0, 0.1) is 19.7 Å². The molecule has 0 aliphatic carbocycles. The SMILES string of the molecule is CCC(=O)OC(C)Cc1ccc(F)cc1C.Cc1ccccc1. The third kappa shape index (κ3) is 7.59. The molecular weight excluding hydrogens is 291 g/mol. The molecule has 0 bridgehead atoms. The number of benzene rings is 2. The topological polar surface area (TPSA) is 26.3 Å². The van der Waals surface area contributed by atoms with Crippen LogP contribution in [0.25, 0.3) is 0 Å². The highest BCUT2D eigenvalue weighted by atomic mass is 19.1. The Bertz CT molecular complexity index is 608. The van der Waals surface area contributed by atoms with Crippen molar-refractivity contribution in [3.05, 3.63) is 71.0 Å². The van der Waals surface area contributed by atoms with E-state index in [0.29, 0.717) is 12.8 Å². The van der Waals surface area contributed by atoms with Crippen LogP contribution in [0.1, 0.15) is 37.0 Å². The number of ether oxygens (including phenoxy) is 1. The minimum absolute atomic E-state index is 0.170. The molecule has 2 aromatic rings. The Hall–Kier alpha value is -2.16. The molecule has 0 aromatic heterocycles. The molecule has 0 aliphatic heterocycles. The molecule has 0 spiro atoms. The Balaban J connectivity index is 0.000000313. The van der Waals surface area contributed by atoms with Gasteiger partial charge in [-0.25, -0.2) is 4.39 Å². The molecule has 0 aliphatic rings. The van der Waals surface area contributed by atoms with E-state index >= 15 is 0 Å². The van der Waals surface area contributed by atoms with Gasteiger partial charge < -0.3 is 4.74 Å². The van der Waals surface area contributed by atoms with Crippen molar-refractivity contribution in [1.82, 2.24) is 0 Å². The Labute approximate surface area is 138 Å². The lowest BCUT2D eigenvalue weighted by Gasteiger charge is -2.14. The van der Waals surface area contributed by atoms with E-state index in [-0.39, 0.29) is 17.9 Å². The van der Waals surface area contributed by atoms with E-state index in [4.69, 9.17) is 4.74 Å². The van der Waals surface area contributed by atoms with Gasteiger partial charge in [-0.15, -0.1) is 0 Å². The highest BCUT2D eigenvalue weighted by Crippen LogP contribution is 2.13. The van der Waals surface area contributed by atoms with Crippen LogP contribution in [-0.4, -0.2) is 12.1 Å². The van der Waals surface area contributed by atoms with Crippen molar-refractivity contribution >= 4 is 5.97 Å². The highest BCUT2D eigenvalue weighted by Gasteiger charge is 2.10. The molecule has 2 aromatic carbocycles. The van der Waals surface area contributed by atoms with Gasteiger partial charge in [-0.3, -0.25) is 4.79 Å². The fraction of sp³-hybridized carbons (Fsp3) is 0.350. The van der Waals surface area contributed by atoms with Gasteiger partial charge >= 0.3 is 5.97 Å². The van der Waals surface area contributed by atoms with Gasteiger partial charge in [0.25, 0.3) is 0 Å². The van der Waals surface area contributed by atoms with Crippen molar-refractivity contribution in [2.24, 2.45) is 0 Å². The number of hydrogen-bond donors (Lipinski definition) is 0. The van der Waals surface area contributed by atoms with Gasteiger partial charge in [0, 0.05) is 12.8 Å². The van der Waals surface area contributed by atoms with Gasteiger partial charge in [-0.05, 0) is 44.0 Å². The summed E-state index contributed by atoms with van der Waals surface area (Å²) in [6.45, 7) is 7.54. The molecule has 1 unspecified atom stereocenters. The van der Waals surface area contributed by atoms with Crippen molar-refractivity contribution in [1.29, 1.82) is 0 Å². The number of rotatable bonds is 4.